The number of hydrogen-bond acceptors (Lipinski definition) is 3. The zero-order chi connectivity index (χ0) is 14.5. The largest absolute Gasteiger partial charge is 0.391 e. The van der Waals surface area contributed by atoms with Crippen molar-refractivity contribution >= 4 is 17.3 Å². The predicted molar refractivity (Wildman–Crippen MR) is 84.5 cm³/mol. The van der Waals surface area contributed by atoms with Crippen LogP contribution in [0.4, 0.5) is 0 Å². The van der Waals surface area contributed by atoms with Gasteiger partial charge < -0.3 is 4.84 Å². The van der Waals surface area contributed by atoms with Crippen molar-refractivity contribution in [2.75, 3.05) is 0 Å². The third-order valence-corrected chi connectivity index (χ3v) is 4.00. The molecule has 0 bridgehead atoms. The standard InChI is InChI=1S/C17H17ClN2O/c18-16-6-3-14(4-7-16)15-5-8-17(10-15)20-21-12-13-2-1-9-19-11-13/h1-4,6-7,9,11,15H,5,8,10,12H2/b20-17+. The quantitative estimate of drug-likeness (QED) is 0.775. The van der Waals surface area contributed by atoms with E-state index in [0.717, 1.165) is 35.6 Å². The van der Waals surface area contributed by atoms with E-state index in [1.807, 2.05) is 24.3 Å². The molecule has 0 saturated heterocycles. The fraction of sp³-hybridized carbons (Fsp3) is 0.294. The highest BCUT2D eigenvalue weighted by atomic mass is 35.5. The molecule has 1 unspecified atom stereocenters. The molecule has 0 amide bonds. The highest BCUT2D eigenvalue weighted by Gasteiger charge is 2.22. The molecule has 1 heterocycles. The fourth-order valence-electron chi connectivity index (χ4n) is 2.61. The van der Waals surface area contributed by atoms with Crippen molar-refractivity contribution in [3.8, 4) is 0 Å². The van der Waals surface area contributed by atoms with E-state index in [2.05, 4.69) is 22.3 Å². The van der Waals surface area contributed by atoms with Gasteiger partial charge in [0, 0.05) is 23.0 Å². The maximum atomic E-state index is 5.92. The molecular formula is C17H17ClN2O. The van der Waals surface area contributed by atoms with Gasteiger partial charge in [-0.15, -0.1) is 0 Å². The summed E-state index contributed by atoms with van der Waals surface area (Å²) in [6.45, 7) is 0.475. The highest BCUT2D eigenvalue weighted by molar-refractivity contribution is 6.30. The van der Waals surface area contributed by atoms with E-state index in [-0.39, 0.29) is 0 Å². The summed E-state index contributed by atoms with van der Waals surface area (Å²) in [4.78, 5) is 9.49. The van der Waals surface area contributed by atoms with Crippen LogP contribution in [0.25, 0.3) is 0 Å². The Morgan fingerprint density at radius 1 is 1.24 bits per heavy atom. The van der Waals surface area contributed by atoms with Gasteiger partial charge in [0.15, 0.2) is 0 Å². The first-order chi connectivity index (χ1) is 10.3. The minimum Gasteiger partial charge on any atom is -0.391 e. The summed E-state index contributed by atoms with van der Waals surface area (Å²) in [6, 6.07) is 12.0. The Hall–Kier alpha value is -1.87. The summed E-state index contributed by atoms with van der Waals surface area (Å²) < 4.78 is 0. The smallest absolute Gasteiger partial charge is 0.143 e. The average molecular weight is 301 g/mol. The summed E-state index contributed by atoms with van der Waals surface area (Å²) in [6.07, 6.45) is 6.64. The topological polar surface area (TPSA) is 34.5 Å². The molecule has 1 atom stereocenters. The van der Waals surface area contributed by atoms with Gasteiger partial charge in [-0.25, -0.2) is 0 Å². The van der Waals surface area contributed by atoms with E-state index in [4.69, 9.17) is 16.4 Å². The van der Waals surface area contributed by atoms with Crippen LogP contribution in [0.3, 0.4) is 0 Å². The monoisotopic (exact) mass is 300 g/mol. The van der Waals surface area contributed by atoms with Gasteiger partial charge in [0.25, 0.3) is 0 Å². The average Bonchev–Trinajstić information content (AvgIpc) is 2.98. The van der Waals surface area contributed by atoms with Crippen molar-refractivity contribution in [2.45, 2.75) is 31.8 Å². The first-order valence-corrected chi connectivity index (χ1v) is 7.51. The van der Waals surface area contributed by atoms with Crippen LogP contribution in [-0.2, 0) is 11.4 Å². The fourth-order valence-corrected chi connectivity index (χ4v) is 2.74. The predicted octanol–water partition coefficient (Wildman–Crippen LogP) is 4.58. The molecule has 1 aliphatic rings. The summed E-state index contributed by atoms with van der Waals surface area (Å²) in [5.41, 5.74) is 3.50. The highest BCUT2D eigenvalue weighted by Crippen LogP contribution is 2.33. The minimum atomic E-state index is 0.475. The summed E-state index contributed by atoms with van der Waals surface area (Å²) in [5, 5.41) is 5.06. The summed E-state index contributed by atoms with van der Waals surface area (Å²) in [5.74, 6) is 0.531. The van der Waals surface area contributed by atoms with E-state index < -0.39 is 0 Å². The molecule has 1 aliphatic carbocycles. The number of pyridine rings is 1. The van der Waals surface area contributed by atoms with Crippen molar-refractivity contribution in [1.29, 1.82) is 0 Å². The number of oxime groups is 1. The first-order valence-electron chi connectivity index (χ1n) is 7.13. The number of nitrogens with zero attached hydrogens (tertiary/aromatic N) is 2. The summed E-state index contributed by atoms with van der Waals surface area (Å²) in [7, 11) is 0. The molecule has 3 rings (SSSR count). The number of halogens is 1. The van der Waals surface area contributed by atoms with E-state index >= 15 is 0 Å². The van der Waals surface area contributed by atoms with Crippen LogP contribution in [0.2, 0.25) is 5.02 Å². The number of rotatable bonds is 4. The lowest BCUT2D eigenvalue weighted by Gasteiger charge is -2.08. The third-order valence-electron chi connectivity index (χ3n) is 3.75. The third kappa shape index (κ3) is 3.82. The van der Waals surface area contributed by atoms with Crippen LogP contribution >= 0.6 is 11.6 Å². The SMILES string of the molecule is Clc1ccc(C2CC/C(=N\OCc3cccnc3)C2)cc1. The molecule has 0 radical (unpaired) electrons. The van der Waals surface area contributed by atoms with Crippen LogP contribution in [0.1, 0.15) is 36.3 Å². The molecule has 1 fully saturated rings. The second kappa shape index (κ2) is 6.72. The second-order valence-corrected chi connectivity index (χ2v) is 5.72. The van der Waals surface area contributed by atoms with E-state index in [0.29, 0.717) is 12.5 Å². The lowest BCUT2D eigenvalue weighted by Crippen LogP contribution is -1.96. The number of hydrogen-bond donors (Lipinski definition) is 0. The molecule has 0 spiro atoms. The maximum Gasteiger partial charge on any atom is 0.143 e. The van der Waals surface area contributed by atoms with Gasteiger partial charge >= 0.3 is 0 Å². The lowest BCUT2D eigenvalue weighted by atomic mass is 9.98. The molecule has 21 heavy (non-hydrogen) atoms. The summed E-state index contributed by atoms with van der Waals surface area (Å²) >= 11 is 5.92. The molecule has 1 aromatic heterocycles. The van der Waals surface area contributed by atoms with Gasteiger partial charge in [0.05, 0.1) is 5.71 Å². The van der Waals surface area contributed by atoms with Gasteiger partial charge in [-0.05, 0) is 48.9 Å². The molecule has 1 aromatic carbocycles. The Balaban J connectivity index is 1.54. The Kier molecular flexibility index (Phi) is 4.51. The van der Waals surface area contributed by atoms with Gasteiger partial charge in [-0.1, -0.05) is 35.0 Å². The first kappa shape index (κ1) is 14.1. The maximum absolute atomic E-state index is 5.92. The van der Waals surface area contributed by atoms with Crippen molar-refractivity contribution in [1.82, 2.24) is 4.98 Å². The van der Waals surface area contributed by atoms with Crippen LogP contribution in [0.5, 0.6) is 0 Å². The van der Waals surface area contributed by atoms with E-state index in [1.165, 1.54) is 5.56 Å². The van der Waals surface area contributed by atoms with Crippen LogP contribution < -0.4 is 0 Å². The minimum absolute atomic E-state index is 0.475. The normalized spacial score (nSPS) is 19.9. The van der Waals surface area contributed by atoms with Crippen molar-refractivity contribution in [3.05, 3.63) is 64.9 Å². The Bertz CT molecular complexity index is 610. The number of benzene rings is 1. The molecule has 4 heteroatoms. The molecule has 1 saturated carbocycles. The van der Waals surface area contributed by atoms with Gasteiger partial charge in [0.2, 0.25) is 0 Å². The molecule has 0 aliphatic heterocycles. The molecule has 0 N–H and O–H groups in total. The van der Waals surface area contributed by atoms with Crippen molar-refractivity contribution in [3.63, 3.8) is 0 Å². The zero-order valence-corrected chi connectivity index (χ0v) is 12.5. The van der Waals surface area contributed by atoms with Gasteiger partial charge in [-0.3, -0.25) is 4.98 Å². The Morgan fingerprint density at radius 2 is 2.10 bits per heavy atom. The molecule has 3 nitrogen and oxygen atoms in total. The van der Waals surface area contributed by atoms with E-state index in [1.54, 1.807) is 12.4 Å². The van der Waals surface area contributed by atoms with Crippen LogP contribution in [0, 0.1) is 0 Å². The van der Waals surface area contributed by atoms with Crippen molar-refractivity contribution < 1.29 is 4.84 Å². The second-order valence-electron chi connectivity index (χ2n) is 5.28. The lowest BCUT2D eigenvalue weighted by molar-refractivity contribution is 0.129. The van der Waals surface area contributed by atoms with Gasteiger partial charge in [0.1, 0.15) is 6.61 Å². The molecule has 2 aromatic rings. The Labute approximate surface area is 129 Å². The van der Waals surface area contributed by atoms with Crippen molar-refractivity contribution in [2.24, 2.45) is 5.16 Å². The van der Waals surface area contributed by atoms with Gasteiger partial charge in [-0.2, -0.15) is 0 Å². The van der Waals surface area contributed by atoms with E-state index in [9.17, 15) is 0 Å². The van der Waals surface area contributed by atoms with Crippen LogP contribution in [-0.4, -0.2) is 10.7 Å². The van der Waals surface area contributed by atoms with Crippen LogP contribution in [0.15, 0.2) is 53.9 Å². The zero-order valence-electron chi connectivity index (χ0n) is 11.7. The number of aromatic nitrogens is 1. The Morgan fingerprint density at radius 3 is 2.86 bits per heavy atom. The molecule has 108 valence electrons. The molecular weight excluding hydrogens is 284 g/mol.